The molecule has 1 heterocycles. The lowest BCUT2D eigenvalue weighted by Gasteiger charge is -2.11. The average Bonchev–Trinajstić information content (AvgIpc) is 2.41. The number of methoxy groups -OCH3 is 1. The molecule has 0 aliphatic heterocycles. The molecule has 0 atom stereocenters. The predicted molar refractivity (Wildman–Crippen MR) is 84.2 cm³/mol. The normalized spacial score (nSPS) is 10.7. The maximum Gasteiger partial charge on any atom is 0.143 e. The summed E-state index contributed by atoms with van der Waals surface area (Å²) in [6.07, 6.45) is 0.247. The van der Waals surface area contributed by atoms with Crippen LogP contribution in [0.5, 0.6) is 0 Å². The van der Waals surface area contributed by atoms with Crippen molar-refractivity contribution in [2.75, 3.05) is 19.5 Å². The molecule has 0 aliphatic rings. The predicted octanol–water partition coefficient (Wildman–Crippen LogP) is 3.14. The van der Waals surface area contributed by atoms with Crippen LogP contribution in [0.25, 0.3) is 0 Å². The van der Waals surface area contributed by atoms with Gasteiger partial charge in [0.05, 0.1) is 15.9 Å². The fourth-order valence-electron chi connectivity index (χ4n) is 1.92. The molecule has 0 saturated carbocycles. The van der Waals surface area contributed by atoms with Crippen molar-refractivity contribution in [1.82, 2.24) is 9.97 Å². The van der Waals surface area contributed by atoms with Gasteiger partial charge in [-0.25, -0.2) is 18.7 Å². The van der Waals surface area contributed by atoms with Crippen LogP contribution in [0.1, 0.15) is 17.1 Å². The van der Waals surface area contributed by atoms with Crippen LogP contribution in [0.3, 0.4) is 0 Å². The molecule has 0 fully saturated rings. The van der Waals surface area contributed by atoms with E-state index in [1.54, 1.807) is 14.2 Å². The Bertz CT molecular complexity index is 632. The first kappa shape index (κ1) is 16.0. The number of benzene rings is 1. The molecule has 21 heavy (non-hydrogen) atoms. The molecule has 0 spiro atoms. The van der Waals surface area contributed by atoms with E-state index in [4.69, 9.17) is 4.74 Å². The number of hydrogen-bond acceptors (Lipinski definition) is 4. The second-order valence-corrected chi connectivity index (χ2v) is 5.47. The summed E-state index contributed by atoms with van der Waals surface area (Å²) in [4.78, 5) is 8.75. The molecule has 1 aromatic heterocycles. The van der Waals surface area contributed by atoms with Gasteiger partial charge in [-0.05, 0) is 40.3 Å². The highest BCUT2D eigenvalue weighted by Crippen LogP contribution is 2.21. The first-order valence-corrected chi connectivity index (χ1v) is 7.28. The van der Waals surface area contributed by atoms with Crippen LogP contribution < -0.4 is 5.32 Å². The van der Waals surface area contributed by atoms with E-state index in [9.17, 15) is 8.78 Å². The SMILES string of the molecule is CNc1nc(Cc2cc(F)cc(F)c2)nc(COC)c1I. The van der Waals surface area contributed by atoms with Crippen LogP contribution in [0.15, 0.2) is 18.2 Å². The van der Waals surface area contributed by atoms with Gasteiger partial charge in [0.15, 0.2) is 0 Å². The zero-order chi connectivity index (χ0) is 15.4. The Hall–Kier alpha value is -1.35. The summed E-state index contributed by atoms with van der Waals surface area (Å²) in [5, 5.41) is 2.98. The van der Waals surface area contributed by atoms with Gasteiger partial charge in [-0.3, -0.25) is 0 Å². The molecule has 1 N–H and O–H groups in total. The van der Waals surface area contributed by atoms with E-state index in [2.05, 4.69) is 37.9 Å². The van der Waals surface area contributed by atoms with Gasteiger partial charge in [0.1, 0.15) is 23.3 Å². The van der Waals surface area contributed by atoms with Crippen LogP contribution >= 0.6 is 22.6 Å². The zero-order valence-electron chi connectivity index (χ0n) is 11.6. The quantitative estimate of drug-likeness (QED) is 0.777. The molecule has 0 aliphatic carbocycles. The summed E-state index contributed by atoms with van der Waals surface area (Å²) in [5.41, 5.74) is 1.23. The minimum Gasteiger partial charge on any atom is -0.378 e. The Morgan fingerprint density at radius 3 is 2.43 bits per heavy atom. The summed E-state index contributed by atoms with van der Waals surface area (Å²) in [6.45, 7) is 0.347. The highest BCUT2D eigenvalue weighted by atomic mass is 127. The van der Waals surface area contributed by atoms with Crippen molar-refractivity contribution in [1.29, 1.82) is 0 Å². The highest BCUT2D eigenvalue weighted by Gasteiger charge is 2.12. The van der Waals surface area contributed by atoms with Crippen molar-refractivity contribution < 1.29 is 13.5 Å². The van der Waals surface area contributed by atoms with Gasteiger partial charge in [-0.15, -0.1) is 0 Å². The number of ether oxygens (including phenoxy) is 1. The Morgan fingerprint density at radius 2 is 1.86 bits per heavy atom. The standard InChI is InChI=1S/C14H14F2IN3O/c1-18-14-13(17)11(7-21-2)19-12(20-14)5-8-3-9(15)6-10(16)4-8/h3-4,6H,5,7H2,1-2H3,(H,18,19,20). The van der Waals surface area contributed by atoms with Crippen LogP contribution in [-0.2, 0) is 17.8 Å². The van der Waals surface area contributed by atoms with E-state index in [-0.39, 0.29) is 6.42 Å². The van der Waals surface area contributed by atoms with E-state index in [1.807, 2.05) is 0 Å². The molecular weight excluding hydrogens is 391 g/mol. The molecular formula is C14H14F2IN3O. The molecule has 4 nitrogen and oxygen atoms in total. The minimum absolute atomic E-state index is 0.247. The van der Waals surface area contributed by atoms with Crippen LogP contribution in [-0.4, -0.2) is 24.1 Å². The Morgan fingerprint density at radius 1 is 1.19 bits per heavy atom. The third-order valence-corrected chi connectivity index (χ3v) is 3.90. The number of rotatable bonds is 5. The van der Waals surface area contributed by atoms with E-state index in [1.165, 1.54) is 12.1 Å². The van der Waals surface area contributed by atoms with Crippen molar-refractivity contribution >= 4 is 28.4 Å². The molecule has 0 unspecified atom stereocenters. The lowest BCUT2D eigenvalue weighted by Crippen LogP contribution is -2.09. The molecule has 0 saturated heterocycles. The van der Waals surface area contributed by atoms with E-state index in [0.29, 0.717) is 23.8 Å². The smallest absolute Gasteiger partial charge is 0.143 e. The number of anilines is 1. The van der Waals surface area contributed by atoms with E-state index >= 15 is 0 Å². The summed E-state index contributed by atoms with van der Waals surface area (Å²) >= 11 is 2.14. The van der Waals surface area contributed by atoms with Gasteiger partial charge in [0.25, 0.3) is 0 Å². The third-order valence-electron chi connectivity index (χ3n) is 2.77. The fourth-order valence-corrected chi connectivity index (χ4v) is 2.58. The Balaban J connectivity index is 2.36. The van der Waals surface area contributed by atoms with E-state index in [0.717, 1.165) is 15.3 Å². The molecule has 2 aromatic rings. The number of hydrogen-bond donors (Lipinski definition) is 1. The maximum atomic E-state index is 13.2. The van der Waals surface area contributed by atoms with Crippen molar-refractivity contribution in [3.63, 3.8) is 0 Å². The Kier molecular flexibility index (Phi) is 5.40. The summed E-state index contributed by atoms with van der Waals surface area (Å²) in [5.74, 6) is -0.0655. The van der Waals surface area contributed by atoms with Crippen molar-refractivity contribution in [3.05, 3.63) is 50.5 Å². The van der Waals surface area contributed by atoms with Crippen molar-refractivity contribution in [2.45, 2.75) is 13.0 Å². The zero-order valence-corrected chi connectivity index (χ0v) is 13.7. The van der Waals surface area contributed by atoms with Crippen molar-refractivity contribution in [3.8, 4) is 0 Å². The van der Waals surface area contributed by atoms with Crippen LogP contribution in [0, 0.1) is 15.2 Å². The third kappa shape index (κ3) is 4.07. The van der Waals surface area contributed by atoms with Gasteiger partial charge in [0.2, 0.25) is 0 Å². The minimum atomic E-state index is -0.610. The summed E-state index contributed by atoms with van der Waals surface area (Å²) in [6, 6.07) is 3.40. The molecule has 2 rings (SSSR count). The summed E-state index contributed by atoms with van der Waals surface area (Å²) < 4.78 is 32.4. The summed E-state index contributed by atoms with van der Waals surface area (Å²) in [7, 11) is 3.34. The second kappa shape index (κ2) is 7.08. The number of nitrogens with zero attached hydrogens (tertiary/aromatic N) is 2. The lowest BCUT2D eigenvalue weighted by atomic mass is 10.1. The van der Waals surface area contributed by atoms with Gasteiger partial charge < -0.3 is 10.1 Å². The number of halogens is 3. The van der Waals surface area contributed by atoms with Gasteiger partial charge in [-0.2, -0.15) is 0 Å². The van der Waals surface area contributed by atoms with Gasteiger partial charge in [-0.1, -0.05) is 0 Å². The monoisotopic (exact) mass is 405 g/mol. The lowest BCUT2D eigenvalue weighted by molar-refractivity contribution is 0.180. The van der Waals surface area contributed by atoms with Gasteiger partial charge >= 0.3 is 0 Å². The molecule has 0 radical (unpaired) electrons. The average molecular weight is 405 g/mol. The van der Waals surface area contributed by atoms with Gasteiger partial charge in [0, 0.05) is 26.6 Å². The fraction of sp³-hybridized carbons (Fsp3) is 0.286. The molecule has 0 amide bonds. The van der Waals surface area contributed by atoms with Crippen LogP contribution in [0.4, 0.5) is 14.6 Å². The molecule has 1 aromatic carbocycles. The Labute approximate surface area is 135 Å². The number of nitrogens with one attached hydrogen (secondary N) is 1. The molecule has 7 heteroatoms. The maximum absolute atomic E-state index is 13.2. The first-order valence-electron chi connectivity index (χ1n) is 6.20. The first-order chi connectivity index (χ1) is 10.0. The molecule has 0 bridgehead atoms. The van der Waals surface area contributed by atoms with E-state index < -0.39 is 11.6 Å². The molecule has 112 valence electrons. The number of aromatic nitrogens is 2. The largest absolute Gasteiger partial charge is 0.378 e. The van der Waals surface area contributed by atoms with Crippen LogP contribution in [0.2, 0.25) is 0 Å². The topological polar surface area (TPSA) is 47.0 Å². The second-order valence-electron chi connectivity index (χ2n) is 4.39. The van der Waals surface area contributed by atoms with Crippen molar-refractivity contribution in [2.24, 2.45) is 0 Å². The highest BCUT2D eigenvalue weighted by molar-refractivity contribution is 14.1.